The highest BCUT2D eigenvalue weighted by Crippen LogP contribution is 2.26. The van der Waals surface area contributed by atoms with E-state index in [1.165, 1.54) is 20.8 Å². The molecule has 2 N–H and O–H groups in total. The first-order valence-electron chi connectivity index (χ1n) is 5.59. The average molecular weight is 306 g/mol. The van der Waals surface area contributed by atoms with Crippen LogP contribution in [0.1, 0.15) is 19.4 Å². The summed E-state index contributed by atoms with van der Waals surface area (Å²) in [5.41, 5.74) is -2.03. The maximum absolute atomic E-state index is 13.4. The molecule has 0 unspecified atom stereocenters. The maximum Gasteiger partial charge on any atom is 0.306 e. The lowest BCUT2D eigenvalue weighted by atomic mass is 10.1. The largest absolute Gasteiger partial charge is 0.394 e. The van der Waals surface area contributed by atoms with Gasteiger partial charge >= 0.3 is 5.69 Å². The quantitative estimate of drug-likeness (QED) is 0.625. The van der Waals surface area contributed by atoms with Gasteiger partial charge in [0.05, 0.1) is 22.0 Å². The third kappa shape index (κ3) is 3.50. The Labute approximate surface area is 115 Å². The van der Waals surface area contributed by atoms with Gasteiger partial charge in [-0.3, -0.25) is 10.1 Å². The Bertz CT molecular complexity index is 642. The number of hydrogen-bond acceptors (Lipinski definition) is 5. The number of nitrogens with zero attached hydrogens (tertiary/aromatic N) is 1. The van der Waals surface area contributed by atoms with Crippen molar-refractivity contribution in [3.05, 3.63) is 33.6 Å². The number of sulfonamides is 1. The summed E-state index contributed by atoms with van der Waals surface area (Å²) in [5.74, 6) is -1.10. The van der Waals surface area contributed by atoms with E-state index in [2.05, 4.69) is 4.72 Å². The topological polar surface area (TPSA) is 110 Å². The van der Waals surface area contributed by atoms with Crippen molar-refractivity contribution in [3.8, 4) is 0 Å². The lowest BCUT2D eigenvalue weighted by Gasteiger charge is -2.23. The fourth-order valence-corrected chi connectivity index (χ4v) is 3.17. The molecular weight excluding hydrogens is 291 g/mol. The van der Waals surface area contributed by atoms with Crippen molar-refractivity contribution in [2.45, 2.75) is 31.2 Å². The second-order valence-corrected chi connectivity index (χ2v) is 6.62. The van der Waals surface area contributed by atoms with Gasteiger partial charge in [-0.15, -0.1) is 0 Å². The lowest BCUT2D eigenvalue weighted by molar-refractivity contribution is -0.387. The van der Waals surface area contributed by atoms with Crippen LogP contribution in [0.4, 0.5) is 10.1 Å². The zero-order valence-electron chi connectivity index (χ0n) is 11.2. The van der Waals surface area contributed by atoms with Gasteiger partial charge in [-0.25, -0.2) is 13.1 Å². The Hall–Kier alpha value is -1.58. The second kappa shape index (κ2) is 5.43. The standard InChI is InChI=1S/C11H15FN2O5S/c1-7-4-8(12)9(14(16)17)5-10(7)20(18,19)13-11(2,3)6-15/h4-5,13,15H,6H2,1-3H3. The number of hydrogen-bond donors (Lipinski definition) is 2. The average Bonchev–Trinajstić information content (AvgIpc) is 2.26. The van der Waals surface area contributed by atoms with Crippen molar-refractivity contribution in [2.24, 2.45) is 0 Å². The summed E-state index contributed by atoms with van der Waals surface area (Å²) < 4.78 is 39.9. The van der Waals surface area contributed by atoms with Crippen LogP contribution < -0.4 is 4.72 Å². The summed E-state index contributed by atoms with van der Waals surface area (Å²) in [7, 11) is -4.11. The lowest BCUT2D eigenvalue weighted by Crippen LogP contribution is -2.46. The molecule has 1 rings (SSSR count). The molecule has 7 nitrogen and oxygen atoms in total. The van der Waals surface area contributed by atoms with E-state index in [0.717, 1.165) is 6.07 Å². The van der Waals surface area contributed by atoms with Crippen molar-refractivity contribution >= 4 is 15.7 Å². The van der Waals surface area contributed by atoms with Gasteiger partial charge in [0.25, 0.3) is 0 Å². The molecular formula is C11H15FN2O5S. The Morgan fingerprint density at radius 2 is 2.00 bits per heavy atom. The normalized spacial score (nSPS) is 12.4. The molecule has 0 heterocycles. The van der Waals surface area contributed by atoms with E-state index in [-0.39, 0.29) is 5.56 Å². The molecule has 0 spiro atoms. The van der Waals surface area contributed by atoms with E-state index >= 15 is 0 Å². The number of aryl methyl sites for hydroxylation is 1. The maximum atomic E-state index is 13.4. The van der Waals surface area contributed by atoms with Gasteiger partial charge in [0.2, 0.25) is 15.8 Å². The zero-order chi connectivity index (χ0) is 15.7. The zero-order valence-corrected chi connectivity index (χ0v) is 12.0. The van der Waals surface area contributed by atoms with Crippen molar-refractivity contribution in [3.63, 3.8) is 0 Å². The predicted molar refractivity (Wildman–Crippen MR) is 69.3 cm³/mol. The first kappa shape index (κ1) is 16.5. The SMILES string of the molecule is Cc1cc(F)c([N+](=O)[O-])cc1S(=O)(=O)NC(C)(C)CO. The molecule has 0 atom stereocenters. The van der Waals surface area contributed by atoms with Crippen molar-refractivity contribution in [1.29, 1.82) is 0 Å². The molecule has 0 aliphatic heterocycles. The van der Waals surface area contributed by atoms with Crippen LogP contribution in [0.5, 0.6) is 0 Å². The number of halogens is 1. The minimum absolute atomic E-state index is 0.0364. The fourth-order valence-electron chi connectivity index (χ4n) is 1.52. The van der Waals surface area contributed by atoms with Crippen LogP contribution in [0.25, 0.3) is 0 Å². The highest BCUT2D eigenvalue weighted by Gasteiger charge is 2.29. The van der Waals surface area contributed by atoms with Crippen LogP contribution in [-0.4, -0.2) is 30.6 Å². The van der Waals surface area contributed by atoms with Crippen LogP contribution in [0.3, 0.4) is 0 Å². The molecule has 9 heteroatoms. The molecule has 0 radical (unpaired) electrons. The number of nitrogens with one attached hydrogen (secondary N) is 1. The summed E-state index contributed by atoms with van der Waals surface area (Å²) >= 11 is 0. The van der Waals surface area contributed by atoms with Crippen LogP contribution >= 0.6 is 0 Å². The number of rotatable bonds is 5. The minimum atomic E-state index is -4.11. The van der Waals surface area contributed by atoms with Gasteiger partial charge in [0, 0.05) is 6.07 Å². The second-order valence-electron chi connectivity index (χ2n) is 4.97. The van der Waals surface area contributed by atoms with E-state index in [0.29, 0.717) is 6.07 Å². The van der Waals surface area contributed by atoms with Crippen molar-refractivity contribution < 1.29 is 22.8 Å². The molecule has 0 saturated heterocycles. The minimum Gasteiger partial charge on any atom is -0.394 e. The van der Waals surface area contributed by atoms with E-state index < -0.39 is 43.5 Å². The van der Waals surface area contributed by atoms with Gasteiger partial charge in [0.1, 0.15) is 0 Å². The third-order valence-corrected chi connectivity index (χ3v) is 4.38. The summed E-state index contributed by atoms with van der Waals surface area (Å²) in [6.45, 7) is 3.75. The summed E-state index contributed by atoms with van der Waals surface area (Å²) in [6.07, 6.45) is 0. The van der Waals surface area contributed by atoms with Crippen LogP contribution in [0.15, 0.2) is 17.0 Å². The molecule has 112 valence electrons. The van der Waals surface area contributed by atoms with E-state index in [4.69, 9.17) is 5.11 Å². The summed E-state index contributed by atoms with van der Waals surface area (Å²) in [4.78, 5) is 9.27. The molecule has 0 aromatic heterocycles. The molecule has 0 amide bonds. The third-order valence-electron chi connectivity index (χ3n) is 2.54. The summed E-state index contributed by atoms with van der Waals surface area (Å²) in [6, 6.07) is 1.46. The van der Waals surface area contributed by atoms with Gasteiger partial charge in [-0.2, -0.15) is 4.39 Å². The Kier molecular flexibility index (Phi) is 4.47. The highest BCUT2D eigenvalue weighted by atomic mass is 32.2. The Morgan fingerprint density at radius 1 is 1.45 bits per heavy atom. The van der Waals surface area contributed by atoms with Gasteiger partial charge in [-0.1, -0.05) is 0 Å². The monoisotopic (exact) mass is 306 g/mol. The van der Waals surface area contributed by atoms with E-state index in [1.807, 2.05) is 0 Å². The predicted octanol–water partition coefficient (Wildman–Crippen LogP) is 1.09. The van der Waals surface area contributed by atoms with Gasteiger partial charge < -0.3 is 5.11 Å². The number of nitro groups is 1. The summed E-state index contributed by atoms with van der Waals surface area (Å²) in [5, 5.41) is 19.7. The fraction of sp³-hybridized carbons (Fsp3) is 0.455. The van der Waals surface area contributed by atoms with E-state index in [9.17, 15) is 22.9 Å². The Balaban J connectivity index is 3.39. The smallest absolute Gasteiger partial charge is 0.306 e. The molecule has 1 aromatic rings. The van der Waals surface area contributed by atoms with Crippen molar-refractivity contribution in [1.82, 2.24) is 4.72 Å². The molecule has 0 aliphatic rings. The first-order valence-corrected chi connectivity index (χ1v) is 7.08. The van der Waals surface area contributed by atoms with Crippen molar-refractivity contribution in [2.75, 3.05) is 6.61 Å². The molecule has 1 aromatic carbocycles. The number of benzene rings is 1. The number of aliphatic hydroxyl groups excluding tert-OH is 1. The number of aliphatic hydroxyl groups is 1. The van der Waals surface area contributed by atoms with Crippen LogP contribution in [0, 0.1) is 22.9 Å². The van der Waals surface area contributed by atoms with Gasteiger partial charge in [0.15, 0.2) is 0 Å². The van der Waals surface area contributed by atoms with Gasteiger partial charge in [-0.05, 0) is 32.4 Å². The molecule has 0 aliphatic carbocycles. The molecule has 0 saturated carbocycles. The number of nitro benzene ring substituents is 1. The molecule has 0 fully saturated rings. The van der Waals surface area contributed by atoms with E-state index in [1.54, 1.807) is 0 Å². The first-order chi connectivity index (χ1) is 9.00. The molecule has 20 heavy (non-hydrogen) atoms. The van der Waals surface area contributed by atoms with Crippen LogP contribution in [0.2, 0.25) is 0 Å². The molecule has 0 bridgehead atoms. The van der Waals surface area contributed by atoms with Crippen LogP contribution in [-0.2, 0) is 10.0 Å². The highest BCUT2D eigenvalue weighted by molar-refractivity contribution is 7.89. The Morgan fingerprint density at radius 3 is 2.45 bits per heavy atom.